The van der Waals surface area contributed by atoms with Crippen molar-refractivity contribution < 1.29 is 0 Å². The van der Waals surface area contributed by atoms with Crippen molar-refractivity contribution in [1.82, 2.24) is 15.0 Å². The van der Waals surface area contributed by atoms with Crippen LogP contribution in [0.15, 0.2) is 0 Å². The Labute approximate surface area is 120 Å². The van der Waals surface area contributed by atoms with Gasteiger partial charge in [-0.15, -0.1) is 5.10 Å². The van der Waals surface area contributed by atoms with Crippen LogP contribution in [0.25, 0.3) is 0 Å². The number of aromatic nitrogens is 3. The molecule has 1 aromatic heterocycles. The molecule has 0 unspecified atom stereocenters. The first-order valence-electron chi connectivity index (χ1n) is 8.11. The van der Waals surface area contributed by atoms with Gasteiger partial charge in [0.05, 0.1) is 5.69 Å². The van der Waals surface area contributed by atoms with E-state index in [1.807, 2.05) is 4.68 Å². The maximum atomic E-state index is 9.24. The Morgan fingerprint density at radius 3 is 2.35 bits per heavy atom. The Kier molecular flexibility index (Phi) is 2.83. The van der Waals surface area contributed by atoms with Gasteiger partial charge in [0.15, 0.2) is 5.69 Å². The number of nitriles is 1. The molecular weight excluding hydrogens is 248 g/mol. The van der Waals surface area contributed by atoms with E-state index in [-0.39, 0.29) is 0 Å². The smallest absolute Gasteiger partial charge is 0.185 e. The Bertz CT molecular complexity index is 525. The fourth-order valence-corrected chi connectivity index (χ4v) is 5.47. The number of hydrogen-bond donors (Lipinski definition) is 0. The van der Waals surface area contributed by atoms with Gasteiger partial charge in [-0.1, -0.05) is 5.21 Å². The number of hydrogen-bond acceptors (Lipinski definition) is 3. The Morgan fingerprint density at radius 2 is 1.80 bits per heavy atom. The van der Waals surface area contributed by atoms with Crippen LogP contribution in [0.2, 0.25) is 0 Å². The van der Waals surface area contributed by atoms with Gasteiger partial charge in [-0.3, -0.25) is 0 Å². The molecule has 0 aliphatic heterocycles. The van der Waals surface area contributed by atoms with Crippen molar-refractivity contribution in [2.45, 2.75) is 52.0 Å². The number of rotatable bonds is 3. The largest absolute Gasteiger partial charge is 0.248 e. The van der Waals surface area contributed by atoms with Crippen molar-refractivity contribution in [1.29, 1.82) is 5.26 Å². The van der Waals surface area contributed by atoms with Crippen molar-refractivity contribution in [3.05, 3.63) is 11.4 Å². The minimum atomic E-state index is 0.556. The maximum Gasteiger partial charge on any atom is 0.185 e. The van der Waals surface area contributed by atoms with E-state index in [1.54, 1.807) is 0 Å². The van der Waals surface area contributed by atoms with Crippen LogP contribution >= 0.6 is 0 Å². The predicted molar refractivity (Wildman–Crippen MR) is 74.7 cm³/mol. The molecule has 4 bridgehead atoms. The average Bonchev–Trinajstić information content (AvgIpc) is 2.83. The van der Waals surface area contributed by atoms with Gasteiger partial charge in [0.1, 0.15) is 6.07 Å². The molecule has 1 aromatic rings. The molecule has 4 aliphatic rings. The summed E-state index contributed by atoms with van der Waals surface area (Å²) in [6.07, 6.45) is 8.27. The molecule has 5 rings (SSSR count). The Hall–Kier alpha value is -1.37. The summed E-state index contributed by atoms with van der Waals surface area (Å²) in [5.41, 5.74) is 1.65. The number of aryl methyl sites for hydroxylation is 1. The van der Waals surface area contributed by atoms with Gasteiger partial charge in [0.2, 0.25) is 0 Å². The molecule has 0 spiro atoms. The van der Waals surface area contributed by atoms with Crippen LogP contribution in [-0.2, 0) is 13.0 Å². The highest BCUT2D eigenvalue weighted by Crippen LogP contribution is 2.57. The first kappa shape index (κ1) is 12.4. The van der Waals surface area contributed by atoms with Gasteiger partial charge in [-0.05, 0) is 75.0 Å². The SMILES string of the molecule is CCn1nnc(C#N)c1CC1C2CC3CC(C2)CC1C3. The molecule has 106 valence electrons. The van der Waals surface area contributed by atoms with Crippen LogP contribution < -0.4 is 0 Å². The zero-order valence-electron chi connectivity index (χ0n) is 12.1. The predicted octanol–water partition coefficient (Wildman–Crippen LogP) is 2.78. The molecule has 0 atom stereocenters. The second-order valence-electron chi connectivity index (χ2n) is 7.11. The number of nitrogens with zero attached hydrogens (tertiary/aromatic N) is 4. The van der Waals surface area contributed by atoms with Crippen molar-refractivity contribution in [3.8, 4) is 6.07 Å². The molecule has 4 saturated carbocycles. The van der Waals surface area contributed by atoms with Crippen LogP contribution in [0.4, 0.5) is 0 Å². The highest BCUT2D eigenvalue weighted by molar-refractivity contribution is 5.25. The third-order valence-electron chi connectivity index (χ3n) is 6.09. The summed E-state index contributed by atoms with van der Waals surface area (Å²) < 4.78 is 1.93. The van der Waals surface area contributed by atoms with Crippen LogP contribution in [0.1, 0.15) is 50.4 Å². The van der Waals surface area contributed by atoms with Crippen molar-refractivity contribution in [2.24, 2.45) is 29.6 Å². The van der Waals surface area contributed by atoms with E-state index < -0.39 is 0 Å². The van der Waals surface area contributed by atoms with Gasteiger partial charge >= 0.3 is 0 Å². The lowest BCUT2D eigenvalue weighted by Gasteiger charge is -2.54. The summed E-state index contributed by atoms with van der Waals surface area (Å²) in [4.78, 5) is 0. The molecule has 0 aromatic carbocycles. The van der Waals surface area contributed by atoms with Gasteiger partial charge in [-0.25, -0.2) is 4.68 Å². The van der Waals surface area contributed by atoms with Crippen LogP contribution in [0.3, 0.4) is 0 Å². The molecule has 4 aliphatic carbocycles. The van der Waals surface area contributed by atoms with E-state index in [4.69, 9.17) is 0 Å². The standard InChI is InChI=1S/C16H22N4/c1-2-20-16(15(9-17)18-19-20)8-14-12-4-10-3-11(6-12)7-13(14)5-10/h10-14H,2-8H2,1H3. The molecule has 0 N–H and O–H groups in total. The summed E-state index contributed by atoms with van der Waals surface area (Å²) >= 11 is 0. The quantitative estimate of drug-likeness (QED) is 0.848. The van der Waals surface area contributed by atoms with Crippen LogP contribution in [0, 0.1) is 40.9 Å². The maximum absolute atomic E-state index is 9.24. The molecule has 0 saturated heterocycles. The second kappa shape index (κ2) is 4.58. The van der Waals surface area contributed by atoms with E-state index in [0.717, 1.165) is 48.2 Å². The normalized spacial score (nSPS) is 38.1. The van der Waals surface area contributed by atoms with Crippen LogP contribution in [0.5, 0.6) is 0 Å². The summed E-state index contributed by atoms with van der Waals surface area (Å²) in [5, 5.41) is 17.4. The van der Waals surface area contributed by atoms with Gasteiger partial charge in [0.25, 0.3) is 0 Å². The minimum absolute atomic E-state index is 0.556. The summed E-state index contributed by atoms with van der Waals surface area (Å²) in [5.74, 6) is 4.60. The van der Waals surface area contributed by atoms with Crippen LogP contribution in [-0.4, -0.2) is 15.0 Å². The second-order valence-corrected chi connectivity index (χ2v) is 7.11. The lowest BCUT2D eigenvalue weighted by Crippen LogP contribution is -2.46. The Morgan fingerprint density at radius 1 is 1.15 bits per heavy atom. The first-order valence-corrected chi connectivity index (χ1v) is 8.11. The fraction of sp³-hybridized carbons (Fsp3) is 0.812. The molecule has 4 nitrogen and oxygen atoms in total. The van der Waals surface area contributed by atoms with Gasteiger partial charge in [0, 0.05) is 6.54 Å². The molecule has 4 heteroatoms. The van der Waals surface area contributed by atoms with Crippen molar-refractivity contribution in [3.63, 3.8) is 0 Å². The lowest BCUT2D eigenvalue weighted by molar-refractivity contribution is -0.0367. The summed E-state index contributed by atoms with van der Waals surface area (Å²) in [6, 6.07) is 2.23. The highest BCUT2D eigenvalue weighted by atomic mass is 15.4. The Balaban J connectivity index is 1.60. The monoisotopic (exact) mass is 270 g/mol. The van der Waals surface area contributed by atoms with E-state index in [2.05, 4.69) is 23.3 Å². The van der Waals surface area contributed by atoms with Crippen molar-refractivity contribution in [2.75, 3.05) is 0 Å². The van der Waals surface area contributed by atoms with E-state index in [0.29, 0.717) is 5.69 Å². The third-order valence-corrected chi connectivity index (χ3v) is 6.09. The zero-order chi connectivity index (χ0) is 13.7. The molecule has 0 radical (unpaired) electrons. The first-order chi connectivity index (χ1) is 9.78. The summed E-state index contributed by atoms with van der Waals surface area (Å²) in [6.45, 7) is 2.90. The average molecular weight is 270 g/mol. The third kappa shape index (κ3) is 1.79. The molecule has 0 amide bonds. The zero-order valence-corrected chi connectivity index (χ0v) is 12.1. The van der Waals surface area contributed by atoms with E-state index >= 15 is 0 Å². The highest BCUT2D eigenvalue weighted by Gasteiger charge is 2.48. The molecule has 4 fully saturated rings. The molecule has 1 heterocycles. The van der Waals surface area contributed by atoms with E-state index in [1.165, 1.54) is 32.1 Å². The van der Waals surface area contributed by atoms with Gasteiger partial charge in [-0.2, -0.15) is 5.26 Å². The summed E-state index contributed by atoms with van der Waals surface area (Å²) in [7, 11) is 0. The minimum Gasteiger partial charge on any atom is -0.248 e. The van der Waals surface area contributed by atoms with Gasteiger partial charge < -0.3 is 0 Å². The molecule has 20 heavy (non-hydrogen) atoms. The fourth-order valence-electron chi connectivity index (χ4n) is 5.47. The molecular formula is C16H22N4. The van der Waals surface area contributed by atoms with E-state index in [9.17, 15) is 5.26 Å². The van der Waals surface area contributed by atoms with Crippen molar-refractivity contribution >= 4 is 0 Å². The topological polar surface area (TPSA) is 54.5 Å². The lowest BCUT2D eigenvalue weighted by atomic mass is 9.51.